The monoisotopic (exact) mass is 280 g/mol. The molecule has 6 nitrogen and oxygen atoms in total. The molecule has 0 unspecified atom stereocenters. The van der Waals surface area contributed by atoms with Gasteiger partial charge >= 0.3 is 5.69 Å². The van der Waals surface area contributed by atoms with Gasteiger partial charge in [0.25, 0.3) is 5.56 Å². The van der Waals surface area contributed by atoms with Gasteiger partial charge in [0.15, 0.2) is 5.65 Å². The van der Waals surface area contributed by atoms with E-state index in [2.05, 4.69) is 9.97 Å². The van der Waals surface area contributed by atoms with Crippen LogP contribution in [-0.4, -0.2) is 24.4 Å². The second kappa shape index (κ2) is 4.80. The van der Waals surface area contributed by atoms with E-state index in [-0.39, 0.29) is 11.2 Å². The number of fused-ring (bicyclic) bond motifs is 1. The number of thioether (sulfide) groups is 1. The first-order valence-electron chi connectivity index (χ1n) is 5.94. The second-order valence-corrected chi connectivity index (χ2v) is 6.21. The predicted molar refractivity (Wildman–Crippen MR) is 75.8 cm³/mol. The number of nitrogens with zero attached hydrogens (tertiary/aromatic N) is 4. The van der Waals surface area contributed by atoms with Crippen molar-refractivity contribution in [3.8, 4) is 0 Å². The third-order valence-electron chi connectivity index (χ3n) is 2.73. The van der Waals surface area contributed by atoms with Crippen LogP contribution in [0.15, 0.2) is 14.6 Å². The van der Waals surface area contributed by atoms with Crippen LogP contribution in [-0.2, 0) is 14.1 Å². The highest BCUT2D eigenvalue weighted by atomic mass is 32.2. The second-order valence-electron chi connectivity index (χ2n) is 4.65. The molecule has 0 aromatic carbocycles. The molecule has 0 aliphatic heterocycles. The minimum absolute atomic E-state index is 0.291. The lowest BCUT2D eigenvalue weighted by atomic mass is 10.4. The first kappa shape index (κ1) is 13.8. The zero-order valence-electron chi connectivity index (χ0n) is 11.6. The maximum absolute atomic E-state index is 12.3. The van der Waals surface area contributed by atoms with Crippen molar-refractivity contribution in [1.29, 1.82) is 0 Å². The Kier molecular flexibility index (Phi) is 3.49. The quantitative estimate of drug-likeness (QED) is 0.602. The van der Waals surface area contributed by atoms with Crippen LogP contribution in [0.5, 0.6) is 0 Å². The van der Waals surface area contributed by atoms with Crippen molar-refractivity contribution in [3.05, 3.63) is 26.7 Å². The molecule has 0 N–H and O–H groups in total. The minimum Gasteiger partial charge on any atom is -0.280 e. The molecule has 19 heavy (non-hydrogen) atoms. The first-order chi connectivity index (χ1) is 8.82. The van der Waals surface area contributed by atoms with Gasteiger partial charge in [-0.2, -0.15) is 0 Å². The molecule has 0 bridgehead atoms. The molecular formula is C12H16N4O2S. The van der Waals surface area contributed by atoms with Crippen LogP contribution in [0, 0.1) is 6.92 Å². The van der Waals surface area contributed by atoms with Crippen molar-refractivity contribution in [2.75, 3.05) is 0 Å². The molecule has 0 aliphatic rings. The maximum Gasteiger partial charge on any atom is 0.332 e. The van der Waals surface area contributed by atoms with Gasteiger partial charge in [-0.25, -0.2) is 14.8 Å². The molecule has 0 fully saturated rings. The average molecular weight is 280 g/mol. The normalized spacial score (nSPS) is 11.5. The molecule has 0 radical (unpaired) electrons. The Balaban J connectivity index is 2.99. The largest absolute Gasteiger partial charge is 0.332 e. The van der Waals surface area contributed by atoms with E-state index < -0.39 is 0 Å². The van der Waals surface area contributed by atoms with Gasteiger partial charge in [-0.05, 0) is 6.92 Å². The molecule has 0 spiro atoms. The molecule has 2 rings (SSSR count). The van der Waals surface area contributed by atoms with E-state index in [1.165, 1.54) is 23.4 Å². The Bertz CT molecular complexity index is 761. The highest BCUT2D eigenvalue weighted by molar-refractivity contribution is 8.00. The lowest BCUT2D eigenvalue weighted by molar-refractivity contribution is 0.700. The number of aromatic nitrogens is 4. The molecule has 2 aromatic heterocycles. The summed E-state index contributed by atoms with van der Waals surface area (Å²) in [5, 5.41) is 1.34. The van der Waals surface area contributed by atoms with Crippen molar-refractivity contribution >= 4 is 22.8 Å². The molecule has 2 heterocycles. The zero-order valence-corrected chi connectivity index (χ0v) is 12.4. The van der Waals surface area contributed by atoms with E-state index in [0.29, 0.717) is 27.1 Å². The number of hydrogen-bond acceptors (Lipinski definition) is 5. The fourth-order valence-electron chi connectivity index (χ4n) is 1.84. The summed E-state index contributed by atoms with van der Waals surface area (Å²) in [6.07, 6.45) is 0. The van der Waals surface area contributed by atoms with E-state index in [0.717, 1.165) is 4.57 Å². The molecule has 0 atom stereocenters. The van der Waals surface area contributed by atoms with Gasteiger partial charge in [0.05, 0.1) is 0 Å². The van der Waals surface area contributed by atoms with Crippen molar-refractivity contribution in [2.45, 2.75) is 31.0 Å². The van der Waals surface area contributed by atoms with E-state index in [1.807, 2.05) is 13.8 Å². The Morgan fingerprint density at radius 1 is 1.11 bits per heavy atom. The third-order valence-corrected chi connectivity index (χ3v) is 3.72. The highest BCUT2D eigenvalue weighted by Gasteiger charge is 2.16. The maximum atomic E-state index is 12.3. The van der Waals surface area contributed by atoms with Gasteiger partial charge in [0, 0.05) is 19.3 Å². The third kappa shape index (κ3) is 2.30. The Morgan fingerprint density at radius 3 is 2.32 bits per heavy atom. The molecular weight excluding hydrogens is 264 g/mol. The molecule has 0 saturated carbocycles. The summed E-state index contributed by atoms with van der Waals surface area (Å²) in [4.78, 5) is 32.7. The Hall–Kier alpha value is -1.63. The van der Waals surface area contributed by atoms with E-state index in [4.69, 9.17) is 0 Å². The van der Waals surface area contributed by atoms with Crippen LogP contribution in [0.4, 0.5) is 0 Å². The summed E-state index contributed by atoms with van der Waals surface area (Å²) in [5.41, 5.74) is -0.332. The van der Waals surface area contributed by atoms with Crippen LogP contribution in [0.3, 0.4) is 0 Å². The van der Waals surface area contributed by atoms with Crippen LogP contribution < -0.4 is 11.2 Å². The zero-order chi connectivity index (χ0) is 14.3. The molecule has 102 valence electrons. The summed E-state index contributed by atoms with van der Waals surface area (Å²) in [6.45, 7) is 5.81. The van der Waals surface area contributed by atoms with Crippen LogP contribution in [0.2, 0.25) is 0 Å². The lowest BCUT2D eigenvalue weighted by Crippen LogP contribution is -2.37. The smallest absolute Gasteiger partial charge is 0.280 e. The Labute approximate surface area is 114 Å². The SMILES string of the molecule is Cc1nc(SC(C)C)c2c(=O)n(C)c(=O)n(C)c2n1. The summed E-state index contributed by atoms with van der Waals surface area (Å²) in [5.74, 6) is 0.555. The van der Waals surface area contributed by atoms with Crippen molar-refractivity contribution < 1.29 is 0 Å². The summed E-state index contributed by atoms with van der Waals surface area (Å²) >= 11 is 1.50. The van der Waals surface area contributed by atoms with Crippen LogP contribution in [0.1, 0.15) is 19.7 Å². The average Bonchev–Trinajstić information content (AvgIpc) is 2.32. The van der Waals surface area contributed by atoms with Gasteiger partial charge in [-0.3, -0.25) is 13.9 Å². The summed E-state index contributed by atoms with van der Waals surface area (Å²) < 4.78 is 2.47. The van der Waals surface area contributed by atoms with Crippen molar-refractivity contribution in [1.82, 2.24) is 19.1 Å². The standard InChI is InChI=1S/C12H16N4O2S/c1-6(2)19-10-8-9(13-7(3)14-10)15(4)12(18)16(5)11(8)17/h6H,1-5H3. The molecule has 2 aromatic rings. The van der Waals surface area contributed by atoms with Crippen molar-refractivity contribution in [3.63, 3.8) is 0 Å². The molecule has 0 aliphatic carbocycles. The first-order valence-corrected chi connectivity index (χ1v) is 6.82. The fraction of sp³-hybridized carbons (Fsp3) is 0.500. The fourth-order valence-corrected chi connectivity index (χ4v) is 2.77. The van der Waals surface area contributed by atoms with Crippen molar-refractivity contribution in [2.24, 2.45) is 14.1 Å². The molecule has 0 amide bonds. The molecule has 0 saturated heterocycles. The predicted octanol–water partition coefficient (Wildman–Crippen LogP) is 0.836. The van der Waals surface area contributed by atoms with Gasteiger partial charge in [0.1, 0.15) is 16.2 Å². The number of rotatable bonds is 2. The topological polar surface area (TPSA) is 69.8 Å². The van der Waals surface area contributed by atoms with Crippen LogP contribution >= 0.6 is 11.8 Å². The van der Waals surface area contributed by atoms with E-state index in [1.54, 1.807) is 14.0 Å². The van der Waals surface area contributed by atoms with E-state index >= 15 is 0 Å². The van der Waals surface area contributed by atoms with Crippen LogP contribution in [0.25, 0.3) is 11.0 Å². The summed E-state index contributed by atoms with van der Waals surface area (Å²) in [6, 6.07) is 0. The Morgan fingerprint density at radius 2 is 1.74 bits per heavy atom. The van der Waals surface area contributed by atoms with Gasteiger partial charge in [-0.15, -0.1) is 11.8 Å². The van der Waals surface area contributed by atoms with Gasteiger partial charge in [-0.1, -0.05) is 13.8 Å². The minimum atomic E-state index is -0.379. The number of aryl methyl sites for hydroxylation is 2. The van der Waals surface area contributed by atoms with E-state index in [9.17, 15) is 9.59 Å². The van der Waals surface area contributed by atoms with Gasteiger partial charge < -0.3 is 0 Å². The summed E-state index contributed by atoms with van der Waals surface area (Å²) in [7, 11) is 3.08. The highest BCUT2D eigenvalue weighted by Crippen LogP contribution is 2.25. The lowest BCUT2D eigenvalue weighted by Gasteiger charge is -2.11. The number of hydrogen-bond donors (Lipinski definition) is 0. The van der Waals surface area contributed by atoms with Gasteiger partial charge in [0.2, 0.25) is 0 Å². The molecule has 7 heteroatoms.